The Labute approximate surface area is 136 Å². The third kappa shape index (κ3) is 2.61. The molecule has 0 amide bonds. The lowest BCUT2D eigenvalue weighted by molar-refractivity contribution is 1.17. The molecule has 0 bridgehead atoms. The highest BCUT2D eigenvalue weighted by Crippen LogP contribution is 2.44. The van der Waals surface area contributed by atoms with Gasteiger partial charge in [0.15, 0.2) is 5.13 Å². The Kier molecular flexibility index (Phi) is 3.49. The van der Waals surface area contributed by atoms with Crippen molar-refractivity contribution in [3.8, 4) is 11.3 Å². The molecular formula is C16H14N2S3. The van der Waals surface area contributed by atoms with Crippen LogP contribution in [0.4, 0.5) is 5.13 Å². The maximum Gasteiger partial charge on any atom is 0.183 e. The molecule has 1 aliphatic rings. The number of anilines is 1. The number of thiophene rings is 1. The van der Waals surface area contributed by atoms with Crippen molar-refractivity contribution in [3.63, 3.8) is 0 Å². The molecule has 5 heteroatoms. The van der Waals surface area contributed by atoms with Gasteiger partial charge >= 0.3 is 0 Å². The lowest BCUT2D eigenvalue weighted by Crippen LogP contribution is -1.97. The number of rotatable bonds is 3. The smallest absolute Gasteiger partial charge is 0.183 e. The van der Waals surface area contributed by atoms with Crippen LogP contribution in [-0.4, -0.2) is 4.98 Å². The van der Waals surface area contributed by atoms with Gasteiger partial charge in [-0.1, -0.05) is 18.2 Å². The van der Waals surface area contributed by atoms with E-state index in [4.69, 9.17) is 4.98 Å². The second-order valence-corrected chi connectivity index (χ2v) is 8.41. The van der Waals surface area contributed by atoms with Gasteiger partial charge in [-0.15, -0.1) is 34.4 Å². The number of aromatic nitrogens is 1. The third-order valence-electron chi connectivity index (χ3n) is 3.41. The van der Waals surface area contributed by atoms with Crippen molar-refractivity contribution in [2.24, 2.45) is 0 Å². The first-order valence-electron chi connectivity index (χ1n) is 6.81. The molecule has 21 heavy (non-hydrogen) atoms. The lowest BCUT2D eigenvalue weighted by atomic mass is 10.1. The molecule has 2 nitrogen and oxygen atoms in total. The first-order valence-corrected chi connectivity index (χ1v) is 9.42. The van der Waals surface area contributed by atoms with Crippen LogP contribution in [0.2, 0.25) is 0 Å². The first kappa shape index (κ1) is 13.4. The molecule has 2 aromatic heterocycles. The summed E-state index contributed by atoms with van der Waals surface area (Å²) >= 11 is 5.53. The van der Waals surface area contributed by atoms with E-state index in [0.717, 1.165) is 17.4 Å². The standard InChI is InChI=1S/C16H14N2S3/c1-10-6-7-11(20-10)8-17-16-18-15-12-4-2-3-5-13(12)19-9-14(15)21-16/h2-7H,8-9H2,1H3,(H,17,18). The zero-order valence-electron chi connectivity index (χ0n) is 11.6. The number of thiazole rings is 1. The van der Waals surface area contributed by atoms with Crippen molar-refractivity contribution < 1.29 is 0 Å². The minimum absolute atomic E-state index is 0.861. The highest BCUT2D eigenvalue weighted by molar-refractivity contribution is 7.98. The molecule has 0 atom stereocenters. The monoisotopic (exact) mass is 330 g/mol. The molecule has 0 unspecified atom stereocenters. The summed E-state index contributed by atoms with van der Waals surface area (Å²) in [6, 6.07) is 12.9. The Balaban J connectivity index is 1.58. The van der Waals surface area contributed by atoms with Crippen LogP contribution in [0, 0.1) is 6.92 Å². The average molecular weight is 331 g/mol. The van der Waals surface area contributed by atoms with Crippen LogP contribution in [0.15, 0.2) is 41.3 Å². The molecule has 3 aromatic rings. The minimum Gasteiger partial charge on any atom is -0.357 e. The first-order chi connectivity index (χ1) is 10.3. The number of benzene rings is 1. The van der Waals surface area contributed by atoms with Gasteiger partial charge in [0.1, 0.15) is 0 Å². The van der Waals surface area contributed by atoms with Gasteiger partial charge in [-0.25, -0.2) is 4.98 Å². The van der Waals surface area contributed by atoms with E-state index in [0.29, 0.717) is 0 Å². The Hall–Kier alpha value is -1.30. The number of hydrogen-bond donors (Lipinski definition) is 1. The molecule has 106 valence electrons. The van der Waals surface area contributed by atoms with Gasteiger partial charge in [0.2, 0.25) is 0 Å². The minimum atomic E-state index is 0.861. The number of fused-ring (bicyclic) bond motifs is 3. The molecule has 4 rings (SSSR count). The zero-order valence-corrected chi connectivity index (χ0v) is 14.0. The topological polar surface area (TPSA) is 24.9 Å². The van der Waals surface area contributed by atoms with Gasteiger partial charge < -0.3 is 5.32 Å². The molecule has 0 saturated heterocycles. The summed E-state index contributed by atoms with van der Waals surface area (Å²) in [6.07, 6.45) is 0. The van der Waals surface area contributed by atoms with E-state index in [2.05, 4.69) is 48.6 Å². The molecule has 1 aliphatic heterocycles. The molecule has 0 aliphatic carbocycles. The zero-order chi connectivity index (χ0) is 14.2. The fourth-order valence-corrected chi connectivity index (χ4v) is 5.34. The van der Waals surface area contributed by atoms with E-state index in [-0.39, 0.29) is 0 Å². The van der Waals surface area contributed by atoms with Gasteiger partial charge in [-0.3, -0.25) is 0 Å². The molecule has 0 fully saturated rings. The third-order valence-corrected chi connectivity index (χ3v) is 6.70. The summed E-state index contributed by atoms with van der Waals surface area (Å²) in [7, 11) is 0. The summed E-state index contributed by atoms with van der Waals surface area (Å²) in [4.78, 5) is 10.2. The van der Waals surface area contributed by atoms with Gasteiger partial charge in [0, 0.05) is 30.8 Å². The maximum atomic E-state index is 4.81. The highest BCUT2D eigenvalue weighted by Gasteiger charge is 2.20. The fourth-order valence-electron chi connectivity index (χ4n) is 2.41. The maximum absolute atomic E-state index is 4.81. The van der Waals surface area contributed by atoms with Gasteiger partial charge in [-0.2, -0.15) is 0 Å². The van der Waals surface area contributed by atoms with Crippen molar-refractivity contribution in [1.29, 1.82) is 0 Å². The molecule has 1 N–H and O–H groups in total. The summed E-state index contributed by atoms with van der Waals surface area (Å²) in [5, 5.41) is 4.50. The Morgan fingerprint density at radius 2 is 2.05 bits per heavy atom. The van der Waals surface area contributed by atoms with E-state index in [1.54, 1.807) is 11.3 Å². The predicted molar refractivity (Wildman–Crippen MR) is 93.5 cm³/mol. The number of nitrogens with zero attached hydrogens (tertiary/aromatic N) is 1. The summed E-state index contributed by atoms with van der Waals surface area (Å²) in [5.41, 5.74) is 2.44. The fraction of sp³-hybridized carbons (Fsp3) is 0.188. The quantitative estimate of drug-likeness (QED) is 0.696. The largest absolute Gasteiger partial charge is 0.357 e. The molecular weight excluding hydrogens is 316 g/mol. The number of thioether (sulfide) groups is 1. The Morgan fingerprint density at radius 3 is 2.90 bits per heavy atom. The van der Waals surface area contributed by atoms with Crippen molar-refractivity contribution in [2.45, 2.75) is 24.1 Å². The lowest BCUT2D eigenvalue weighted by Gasteiger charge is -2.13. The number of aryl methyl sites for hydroxylation is 1. The summed E-state index contributed by atoms with van der Waals surface area (Å²) < 4.78 is 0. The van der Waals surface area contributed by atoms with Crippen LogP contribution in [0.1, 0.15) is 14.6 Å². The van der Waals surface area contributed by atoms with Crippen molar-refractivity contribution in [2.75, 3.05) is 5.32 Å². The number of hydrogen-bond acceptors (Lipinski definition) is 5. The number of nitrogens with one attached hydrogen (secondary N) is 1. The van der Waals surface area contributed by atoms with Gasteiger partial charge in [0.25, 0.3) is 0 Å². The summed E-state index contributed by atoms with van der Waals surface area (Å²) in [5.74, 6) is 1.03. The van der Waals surface area contributed by atoms with E-state index in [9.17, 15) is 0 Å². The van der Waals surface area contributed by atoms with Gasteiger partial charge in [0.05, 0.1) is 12.2 Å². The van der Waals surface area contributed by atoms with E-state index in [1.165, 1.54) is 30.8 Å². The van der Waals surface area contributed by atoms with Crippen molar-refractivity contribution >= 4 is 39.6 Å². The second-order valence-electron chi connectivity index (χ2n) is 4.94. The Bertz CT molecular complexity index is 788. The van der Waals surface area contributed by atoms with Crippen molar-refractivity contribution in [1.82, 2.24) is 4.98 Å². The molecule has 0 radical (unpaired) electrons. The highest BCUT2D eigenvalue weighted by atomic mass is 32.2. The van der Waals surface area contributed by atoms with Crippen LogP contribution >= 0.6 is 34.4 Å². The van der Waals surface area contributed by atoms with Crippen molar-refractivity contribution in [3.05, 3.63) is 51.0 Å². The van der Waals surface area contributed by atoms with Crippen LogP contribution in [0.25, 0.3) is 11.3 Å². The van der Waals surface area contributed by atoms with E-state index < -0.39 is 0 Å². The van der Waals surface area contributed by atoms with Crippen LogP contribution in [-0.2, 0) is 12.3 Å². The SMILES string of the molecule is Cc1ccc(CNc2nc3c(s2)CSc2ccccc2-3)s1. The molecule has 0 spiro atoms. The van der Waals surface area contributed by atoms with Crippen LogP contribution in [0.3, 0.4) is 0 Å². The second kappa shape index (κ2) is 5.48. The normalized spacial score (nSPS) is 12.8. The average Bonchev–Trinajstić information content (AvgIpc) is 3.11. The van der Waals surface area contributed by atoms with E-state index in [1.807, 2.05) is 23.1 Å². The Morgan fingerprint density at radius 1 is 1.14 bits per heavy atom. The van der Waals surface area contributed by atoms with E-state index >= 15 is 0 Å². The molecule has 0 saturated carbocycles. The van der Waals surface area contributed by atoms with Gasteiger partial charge in [-0.05, 0) is 25.1 Å². The molecule has 1 aromatic carbocycles. The molecule has 3 heterocycles. The predicted octanol–water partition coefficient (Wildman–Crippen LogP) is 5.40. The van der Waals surface area contributed by atoms with Crippen LogP contribution < -0.4 is 5.32 Å². The van der Waals surface area contributed by atoms with Crippen LogP contribution in [0.5, 0.6) is 0 Å². The summed E-state index contributed by atoms with van der Waals surface area (Å²) in [6.45, 7) is 3.00.